The van der Waals surface area contributed by atoms with Crippen molar-refractivity contribution in [2.75, 3.05) is 30.8 Å². The molecule has 0 radical (unpaired) electrons. The van der Waals surface area contributed by atoms with Gasteiger partial charge in [-0.15, -0.1) is 13.2 Å². The smallest absolute Gasteiger partial charge is 0.453 e. The number of alkyl halides is 3. The summed E-state index contributed by atoms with van der Waals surface area (Å²) in [4.78, 5) is 30.7. The van der Waals surface area contributed by atoms with Crippen LogP contribution >= 0.6 is 11.3 Å². The van der Waals surface area contributed by atoms with Crippen LogP contribution in [-0.4, -0.2) is 48.4 Å². The molecule has 0 atom stereocenters. The van der Waals surface area contributed by atoms with E-state index in [4.69, 9.17) is 0 Å². The van der Waals surface area contributed by atoms with E-state index in [1.54, 1.807) is 0 Å². The van der Waals surface area contributed by atoms with Crippen LogP contribution in [0, 0.1) is 0 Å². The summed E-state index contributed by atoms with van der Waals surface area (Å²) in [5, 5.41) is 5.60. The monoisotopic (exact) mass is 430 g/mol. The molecular weight excluding hydrogens is 413 g/mol. The van der Waals surface area contributed by atoms with E-state index in [0.29, 0.717) is 30.3 Å². The number of benzene rings is 1. The maximum atomic E-state index is 12.2. The first-order chi connectivity index (χ1) is 13.7. The van der Waals surface area contributed by atoms with Crippen LogP contribution in [0.25, 0.3) is 0 Å². The first-order valence-corrected chi connectivity index (χ1v) is 9.25. The molecule has 0 spiro atoms. The molecule has 29 heavy (non-hydrogen) atoms. The Morgan fingerprint density at radius 1 is 1.24 bits per heavy atom. The molecule has 0 saturated heterocycles. The summed E-state index contributed by atoms with van der Waals surface area (Å²) >= 11 is 1.32. The maximum Gasteiger partial charge on any atom is 0.573 e. The molecule has 8 nitrogen and oxygen atoms in total. The molecule has 2 N–H and O–H groups in total. The lowest BCUT2D eigenvalue weighted by Crippen LogP contribution is -2.36. The first kappa shape index (κ1) is 20.9. The second-order valence-electron chi connectivity index (χ2n) is 6.09. The van der Waals surface area contributed by atoms with Crippen molar-refractivity contribution in [3.05, 3.63) is 34.8 Å². The number of aromatic nitrogens is 1. The Kier molecular flexibility index (Phi) is 6.23. The largest absolute Gasteiger partial charge is 0.573 e. The Balaban J connectivity index is 1.52. The van der Waals surface area contributed by atoms with Crippen LogP contribution in [0.4, 0.5) is 28.8 Å². The lowest BCUT2D eigenvalue weighted by atomic mass is 10.2. The molecule has 1 aliphatic rings. The van der Waals surface area contributed by atoms with Crippen molar-refractivity contribution in [1.29, 1.82) is 0 Å². The molecule has 0 fully saturated rings. The minimum absolute atomic E-state index is 0.109. The van der Waals surface area contributed by atoms with Crippen LogP contribution in [0.1, 0.15) is 10.6 Å². The maximum absolute atomic E-state index is 12.2. The quantitative estimate of drug-likeness (QED) is 0.757. The zero-order chi connectivity index (χ0) is 21.0. The van der Waals surface area contributed by atoms with Gasteiger partial charge in [0.2, 0.25) is 5.91 Å². The Labute approximate surface area is 167 Å². The molecule has 2 aromatic rings. The zero-order valence-corrected chi connectivity index (χ0v) is 16.0. The topological polar surface area (TPSA) is 92.8 Å². The average molecular weight is 430 g/mol. The van der Waals surface area contributed by atoms with Crippen molar-refractivity contribution in [3.8, 4) is 5.75 Å². The third kappa shape index (κ3) is 6.06. The van der Waals surface area contributed by atoms with E-state index in [2.05, 4.69) is 25.1 Å². The van der Waals surface area contributed by atoms with Crippen molar-refractivity contribution in [2.45, 2.75) is 19.3 Å². The van der Waals surface area contributed by atoms with Crippen molar-refractivity contribution in [2.24, 2.45) is 0 Å². The molecule has 12 heteroatoms. The number of halogens is 3. The average Bonchev–Trinajstić information content (AvgIpc) is 3.03. The number of hydrogen-bond acceptors (Lipinski definition) is 7. The van der Waals surface area contributed by atoms with Crippen LogP contribution in [0.15, 0.2) is 24.3 Å². The van der Waals surface area contributed by atoms with E-state index in [1.807, 2.05) is 4.90 Å². The number of nitrogens with one attached hydrogen (secondary N) is 2. The van der Waals surface area contributed by atoms with E-state index in [1.165, 1.54) is 30.6 Å². The number of rotatable bonds is 5. The van der Waals surface area contributed by atoms with E-state index in [-0.39, 0.29) is 18.2 Å². The number of fused-ring (bicyclic) bond motifs is 1. The van der Waals surface area contributed by atoms with Gasteiger partial charge in [0, 0.05) is 30.1 Å². The SMILES string of the molecule is COC(=O)Nc1nc2c(s1)CN(CC(=O)Nc1ccc(OC(F)(F)F)cc1)CC2. The number of ether oxygens (including phenoxy) is 2. The predicted octanol–water partition coefficient (Wildman–Crippen LogP) is 3.22. The Morgan fingerprint density at radius 3 is 2.62 bits per heavy atom. The molecule has 3 rings (SSSR count). The summed E-state index contributed by atoms with van der Waals surface area (Å²) in [6.45, 7) is 1.22. The van der Waals surface area contributed by atoms with Gasteiger partial charge < -0.3 is 14.8 Å². The fourth-order valence-electron chi connectivity index (χ4n) is 2.72. The van der Waals surface area contributed by atoms with Gasteiger partial charge in [0.1, 0.15) is 5.75 Å². The van der Waals surface area contributed by atoms with Crippen LogP contribution in [-0.2, 0) is 22.5 Å². The minimum atomic E-state index is -4.76. The van der Waals surface area contributed by atoms with E-state index in [0.717, 1.165) is 22.7 Å². The number of anilines is 2. The van der Waals surface area contributed by atoms with Gasteiger partial charge in [-0.1, -0.05) is 11.3 Å². The number of thiazole rings is 1. The van der Waals surface area contributed by atoms with Gasteiger partial charge in [-0.05, 0) is 24.3 Å². The molecule has 1 aliphatic heterocycles. The summed E-state index contributed by atoms with van der Waals surface area (Å²) in [5.74, 6) is -0.656. The lowest BCUT2D eigenvalue weighted by Gasteiger charge is -2.25. The summed E-state index contributed by atoms with van der Waals surface area (Å²) in [5.41, 5.74) is 1.24. The molecule has 2 amide bonds. The number of methoxy groups -OCH3 is 1. The van der Waals surface area contributed by atoms with Gasteiger partial charge in [-0.3, -0.25) is 15.0 Å². The minimum Gasteiger partial charge on any atom is -0.453 e. The normalized spacial score (nSPS) is 14.1. The number of amides is 2. The Bertz CT molecular complexity index is 886. The summed E-state index contributed by atoms with van der Waals surface area (Å²) in [6.07, 6.45) is -4.73. The molecule has 1 aromatic heterocycles. The van der Waals surface area contributed by atoms with Crippen LogP contribution in [0.2, 0.25) is 0 Å². The summed E-state index contributed by atoms with van der Waals surface area (Å²) < 4.78 is 44.8. The van der Waals surface area contributed by atoms with E-state index in [9.17, 15) is 22.8 Å². The van der Waals surface area contributed by atoms with Crippen molar-refractivity contribution in [1.82, 2.24) is 9.88 Å². The van der Waals surface area contributed by atoms with E-state index >= 15 is 0 Å². The first-order valence-electron chi connectivity index (χ1n) is 8.43. The van der Waals surface area contributed by atoms with Gasteiger partial charge in [-0.25, -0.2) is 9.78 Å². The number of carbonyl (C=O) groups is 2. The lowest BCUT2D eigenvalue weighted by molar-refractivity contribution is -0.274. The van der Waals surface area contributed by atoms with Gasteiger partial charge in [0.05, 0.1) is 19.3 Å². The molecule has 2 heterocycles. The fraction of sp³-hybridized carbons (Fsp3) is 0.353. The number of nitrogens with zero attached hydrogens (tertiary/aromatic N) is 2. The number of hydrogen-bond donors (Lipinski definition) is 2. The number of carbonyl (C=O) groups excluding carboxylic acids is 2. The molecule has 156 valence electrons. The van der Waals surface area contributed by atoms with Crippen LogP contribution in [0.5, 0.6) is 5.75 Å². The second kappa shape index (κ2) is 8.66. The van der Waals surface area contributed by atoms with E-state index < -0.39 is 12.5 Å². The fourth-order valence-corrected chi connectivity index (χ4v) is 3.75. The van der Waals surface area contributed by atoms with Gasteiger partial charge in [0.15, 0.2) is 5.13 Å². The third-order valence-electron chi connectivity index (χ3n) is 3.94. The highest BCUT2D eigenvalue weighted by molar-refractivity contribution is 7.15. The Morgan fingerprint density at radius 2 is 1.97 bits per heavy atom. The zero-order valence-electron chi connectivity index (χ0n) is 15.2. The highest BCUT2D eigenvalue weighted by Gasteiger charge is 2.31. The van der Waals surface area contributed by atoms with Gasteiger partial charge >= 0.3 is 12.5 Å². The van der Waals surface area contributed by atoms with Crippen molar-refractivity contribution in [3.63, 3.8) is 0 Å². The Hall–Kier alpha value is -2.86. The highest BCUT2D eigenvalue weighted by atomic mass is 32.1. The summed E-state index contributed by atoms with van der Waals surface area (Å²) in [7, 11) is 1.26. The van der Waals surface area contributed by atoms with Crippen LogP contribution in [0.3, 0.4) is 0 Å². The molecule has 0 saturated carbocycles. The van der Waals surface area contributed by atoms with Crippen LogP contribution < -0.4 is 15.4 Å². The molecule has 0 unspecified atom stereocenters. The van der Waals surface area contributed by atoms with Gasteiger partial charge in [0.25, 0.3) is 0 Å². The molecular formula is C17H17F3N4O4S. The second-order valence-corrected chi connectivity index (χ2v) is 7.17. The molecule has 1 aromatic carbocycles. The summed E-state index contributed by atoms with van der Waals surface area (Å²) in [6, 6.07) is 4.93. The molecule has 0 aliphatic carbocycles. The third-order valence-corrected chi connectivity index (χ3v) is 4.94. The molecule has 0 bridgehead atoms. The van der Waals surface area contributed by atoms with Gasteiger partial charge in [-0.2, -0.15) is 0 Å². The predicted molar refractivity (Wildman–Crippen MR) is 98.9 cm³/mol. The van der Waals surface area contributed by atoms with Crippen molar-refractivity contribution < 1.29 is 32.2 Å². The van der Waals surface area contributed by atoms with Crippen molar-refractivity contribution >= 4 is 34.2 Å². The highest BCUT2D eigenvalue weighted by Crippen LogP contribution is 2.28. The standard InChI is InChI=1S/C17H17F3N4O4S/c1-27-16(26)23-15-22-12-6-7-24(8-13(12)29-15)9-14(25)21-10-2-4-11(5-3-10)28-17(18,19)20/h2-5H,6-9H2,1H3,(H,21,25)(H,22,23,26).